The van der Waals surface area contributed by atoms with Gasteiger partial charge in [-0.05, 0) is 62.8 Å². The van der Waals surface area contributed by atoms with Gasteiger partial charge in [0.05, 0.1) is 12.2 Å². The van der Waals surface area contributed by atoms with Crippen LogP contribution >= 0.6 is 0 Å². The third-order valence-electron chi connectivity index (χ3n) is 3.75. The van der Waals surface area contributed by atoms with Gasteiger partial charge in [0.1, 0.15) is 11.4 Å². The number of carbonyl (C=O) groups is 1. The molecule has 0 atom stereocenters. The highest BCUT2D eigenvalue weighted by molar-refractivity contribution is 5.93. The molecule has 0 spiro atoms. The second-order valence-electron chi connectivity index (χ2n) is 6.11. The minimum atomic E-state index is -0.559. The first kappa shape index (κ1) is 16.1. The van der Waals surface area contributed by atoms with Crippen LogP contribution in [0.3, 0.4) is 0 Å². The molecule has 0 amide bonds. The van der Waals surface area contributed by atoms with Crippen LogP contribution in [0.25, 0.3) is 5.57 Å². The van der Waals surface area contributed by atoms with Crippen molar-refractivity contribution in [2.45, 2.75) is 26.4 Å². The van der Waals surface area contributed by atoms with Gasteiger partial charge >= 0.3 is 5.97 Å². The van der Waals surface area contributed by atoms with E-state index in [1.54, 1.807) is 43.5 Å². The van der Waals surface area contributed by atoms with Crippen LogP contribution in [0.1, 0.15) is 42.3 Å². The summed E-state index contributed by atoms with van der Waals surface area (Å²) in [6.07, 6.45) is 3.49. The summed E-state index contributed by atoms with van der Waals surface area (Å²) in [5, 5.41) is 0. The average Bonchev–Trinajstić information content (AvgIpc) is 2.53. The van der Waals surface area contributed by atoms with Crippen molar-refractivity contribution in [2.75, 3.05) is 6.61 Å². The number of pyridine rings is 1. The quantitative estimate of drug-likeness (QED) is 0.880. The number of aromatic nitrogens is 1. The number of hydrogen-bond donors (Lipinski definition) is 1. The molecule has 0 saturated carbocycles. The Morgan fingerprint density at radius 1 is 1.25 bits per heavy atom. The van der Waals surface area contributed by atoms with Gasteiger partial charge in [0.2, 0.25) is 0 Å². The number of aromatic amines is 1. The lowest BCUT2D eigenvalue weighted by Crippen LogP contribution is -2.30. The lowest BCUT2D eigenvalue weighted by Gasteiger charge is -2.31. The van der Waals surface area contributed by atoms with E-state index >= 15 is 0 Å². The van der Waals surface area contributed by atoms with Crippen molar-refractivity contribution in [1.29, 1.82) is 0 Å². The molecule has 3 rings (SSSR count). The van der Waals surface area contributed by atoms with E-state index in [0.717, 1.165) is 5.57 Å². The molecular weight excluding hydrogens is 306 g/mol. The van der Waals surface area contributed by atoms with Crippen molar-refractivity contribution >= 4 is 11.5 Å². The lowest BCUT2D eigenvalue weighted by atomic mass is 9.89. The fraction of sp³-hybridized carbons (Fsp3) is 0.263. The summed E-state index contributed by atoms with van der Waals surface area (Å²) in [6, 6.07) is 8.65. The Hall–Kier alpha value is -2.82. The smallest absolute Gasteiger partial charge is 0.338 e. The van der Waals surface area contributed by atoms with Crippen molar-refractivity contribution in [2.24, 2.45) is 0 Å². The van der Waals surface area contributed by atoms with E-state index in [2.05, 4.69) is 4.98 Å². The zero-order valence-electron chi connectivity index (χ0n) is 13.9. The Kier molecular flexibility index (Phi) is 4.01. The topological polar surface area (TPSA) is 68.4 Å². The summed E-state index contributed by atoms with van der Waals surface area (Å²) in [5.41, 5.74) is 1.67. The van der Waals surface area contributed by atoms with E-state index in [0.29, 0.717) is 29.0 Å². The van der Waals surface area contributed by atoms with Gasteiger partial charge in [0.15, 0.2) is 0 Å². The molecule has 2 aromatic rings. The van der Waals surface area contributed by atoms with Crippen molar-refractivity contribution in [3.63, 3.8) is 0 Å². The number of nitrogens with one attached hydrogen (secondary N) is 1. The highest BCUT2D eigenvalue weighted by Gasteiger charge is 2.29. The van der Waals surface area contributed by atoms with Gasteiger partial charge in [-0.1, -0.05) is 0 Å². The number of ether oxygens (including phenoxy) is 2. The molecule has 1 aromatic heterocycles. The standard InChI is InChI=1S/C19H19NO4/c1-4-23-18(22)12-7-8-16-14(10-12)15(11-19(2,3)24-16)13-6-5-9-20-17(13)21/h5-11H,4H2,1-3H3,(H,20,21). The molecule has 0 saturated heterocycles. The first-order valence-electron chi connectivity index (χ1n) is 7.83. The molecule has 5 heteroatoms. The summed E-state index contributed by atoms with van der Waals surface area (Å²) < 4.78 is 11.0. The Morgan fingerprint density at radius 3 is 2.75 bits per heavy atom. The third kappa shape index (κ3) is 2.97. The molecule has 124 valence electrons. The van der Waals surface area contributed by atoms with Crippen LogP contribution in [0.15, 0.2) is 47.4 Å². The SMILES string of the molecule is CCOC(=O)c1ccc2c(c1)C(c1ccc[nH]c1=O)=CC(C)(C)O2. The number of fused-ring (bicyclic) bond motifs is 1. The first-order valence-corrected chi connectivity index (χ1v) is 7.83. The Bertz CT molecular complexity index is 877. The molecule has 1 aliphatic heterocycles. The van der Waals surface area contributed by atoms with Crippen molar-refractivity contribution < 1.29 is 14.3 Å². The van der Waals surface area contributed by atoms with Gasteiger partial charge in [-0.2, -0.15) is 0 Å². The van der Waals surface area contributed by atoms with E-state index in [4.69, 9.17) is 9.47 Å². The molecule has 2 heterocycles. The fourth-order valence-electron chi connectivity index (χ4n) is 2.77. The number of H-pyrrole nitrogens is 1. The van der Waals surface area contributed by atoms with Crippen molar-refractivity contribution in [3.05, 3.63) is 69.6 Å². The largest absolute Gasteiger partial charge is 0.483 e. The molecule has 1 aliphatic rings. The maximum Gasteiger partial charge on any atom is 0.338 e. The number of esters is 1. The molecule has 5 nitrogen and oxygen atoms in total. The summed E-state index contributed by atoms with van der Waals surface area (Å²) >= 11 is 0. The van der Waals surface area contributed by atoms with E-state index in [1.807, 2.05) is 19.9 Å². The van der Waals surface area contributed by atoms with E-state index in [9.17, 15) is 9.59 Å². The van der Waals surface area contributed by atoms with Crippen LogP contribution in [-0.4, -0.2) is 23.2 Å². The molecule has 0 unspecified atom stereocenters. The fourth-order valence-corrected chi connectivity index (χ4v) is 2.77. The maximum absolute atomic E-state index is 12.2. The van der Waals surface area contributed by atoms with Crippen molar-refractivity contribution in [3.8, 4) is 5.75 Å². The maximum atomic E-state index is 12.2. The zero-order chi connectivity index (χ0) is 17.3. The number of hydrogen-bond acceptors (Lipinski definition) is 4. The summed E-state index contributed by atoms with van der Waals surface area (Å²) in [6.45, 7) is 5.91. The summed E-state index contributed by atoms with van der Waals surface area (Å²) in [4.78, 5) is 26.9. The van der Waals surface area contributed by atoms with Gasteiger partial charge in [-0.25, -0.2) is 4.79 Å². The Labute approximate surface area is 139 Å². The summed E-state index contributed by atoms with van der Waals surface area (Å²) in [5.74, 6) is 0.236. The van der Waals surface area contributed by atoms with Gasteiger partial charge in [0, 0.05) is 17.3 Å². The average molecular weight is 325 g/mol. The summed E-state index contributed by atoms with van der Waals surface area (Å²) in [7, 11) is 0. The molecule has 1 N–H and O–H groups in total. The van der Waals surface area contributed by atoms with Crippen LogP contribution in [-0.2, 0) is 4.74 Å². The second-order valence-corrected chi connectivity index (χ2v) is 6.11. The second kappa shape index (κ2) is 6.00. The Balaban J connectivity index is 2.18. The van der Waals surface area contributed by atoms with E-state index < -0.39 is 11.6 Å². The Morgan fingerprint density at radius 2 is 2.04 bits per heavy atom. The third-order valence-corrected chi connectivity index (χ3v) is 3.75. The highest BCUT2D eigenvalue weighted by atomic mass is 16.5. The molecule has 1 aromatic carbocycles. The van der Waals surface area contributed by atoms with Gasteiger partial charge in [0.25, 0.3) is 5.56 Å². The van der Waals surface area contributed by atoms with E-state index in [1.165, 1.54) is 0 Å². The molecule has 0 radical (unpaired) electrons. The predicted molar refractivity (Wildman–Crippen MR) is 91.2 cm³/mol. The van der Waals surface area contributed by atoms with Crippen LogP contribution in [0.2, 0.25) is 0 Å². The highest BCUT2D eigenvalue weighted by Crippen LogP contribution is 2.39. The molecule has 0 fully saturated rings. The minimum Gasteiger partial charge on any atom is -0.483 e. The van der Waals surface area contributed by atoms with Crippen LogP contribution in [0.5, 0.6) is 5.75 Å². The molecule has 0 aliphatic carbocycles. The number of carbonyl (C=O) groups excluding carboxylic acids is 1. The molecular formula is C19H19NO4. The van der Waals surface area contributed by atoms with Crippen molar-refractivity contribution in [1.82, 2.24) is 4.98 Å². The lowest BCUT2D eigenvalue weighted by molar-refractivity contribution is 0.0526. The first-order chi connectivity index (χ1) is 11.4. The normalized spacial score (nSPS) is 15.0. The van der Waals surface area contributed by atoms with Crippen LogP contribution < -0.4 is 10.3 Å². The minimum absolute atomic E-state index is 0.186. The van der Waals surface area contributed by atoms with Crippen LogP contribution in [0.4, 0.5) is 0 Å². The number of benzene rings is 1. The van der Waals surface area contributed by atoms with E-state index in [-0.39, 0.29) is 5.56 Å². The van der Waals surface area contributed by atoms with Crippen LogP contribution in [0, 0.1) is 0 Å². The monoisotopic (exact) mass is 325 g/mol. The zero-order valence-corrected chi connectivity index (χ0v) is 13.9. The predicted octanol–water partition coefficient (Wildman–Crippen LogP) is 3.15. The number of rotatable bonds is 3. The van der Waals surface area contributed by atoms with Gasteiger partial charge in [-0.3, -0.25) is 4.79 Å². The van der Waals surface area contributed by atoms with Gasteiger partial charge in [-0.15, -0.1) is 0 Å². The van der Waals surface area contributed by atoms with Gasteiger partial charge < -0.3 is 14.5 Å². The molecule has 24 heavy (non-hydrogen) atoms. The molecule has 0 bridgehead atoms.